The first-order valence-electron chi connectivity index (χ1n) is 6.63. The molecular formula is C14H21FN2O. The highest BCUT2D eigenvalue weighted by molar-refractivity contribution is 5.54. The number of rotatable bonds is 5. The summed E-state index contributed by atoms with van der Waals surface area (Å²) in [5, 5.41) is 3.27. The minimum absolute atomic E-state index is 0.123. The van der Waals surface area contributed by atoms with Crippen LogP contribution < -0.4 is 10.2 Å². The third-order valence-corrected chi connectivity index (χ3v) is 3.17. The maximum atomic E-state index is 13.9. The summed E-state index contributed by atoms with van der Waals surface area (Å²) in [5.74, 6) is -0.123. The molecule has 0 unspecified atom stereocenters. The van der Waals surface area contributed by atoms with Crippen molar-refractivity contribution in [2.24, 2.45) is 0 Å². The Morgan fingerprint density at radius 3 is 2.83 bits per heavy atom. The fourth-order valence-electron chi connectivity index (χ4n) is 2.21. The van der Waals surface area contributed by atoms with Gasteiger partial charge in [-0.05, 0) is 25.1 Å². The molecule has 0 spiro atoms. The molecule has 1 aliphatic heterocycles. The van der Waals surface area contributed by atoms with Crippen molar-refractivity contribution in [3.63, 3.8) is 0 Å². The van der Waals surface area contributed by atoms with Crippen LogP contribution in [0.25, 0.3) is 0 Å². The molecule has 0 aromatic heterocycles. The number of hydrogen-bond donors (Lipinski definition) is 1. The highest BCUT2D eigenvalue weighted by atomic mass is 19.1. The smallest absolute Gasteiger partial charge is 0.129 e. The average Bonchev–Trinajstić information content (AvgIpc) is 2.42. The summed E-state index contributed by atoms with van der Waals surface area (Å²) in [6.45, 7) is 6.73. The van der Waals surface area contributed by atoms with E-state index in [1.165, 1.54) is 6.07 Å². The van der Waals surface area contributed by atoms with E-state index >= 15 is 0 Å². The second kappa shape index (κ2) is 6.71. The Labute approximate surface area is 108 Å². The third-order valence-electron chi connectivity index (χ3n) is 3.17. The van der Waals surface area contributed by atoms with Gasteiger partial charge in [0.2, 0.25) is 0 Å². The van der Waals surface area contributed by atoms with E-state index in [1.807, 2.05) is 6.07 Å². The quantitative estimate of drug-likeness (QED) is 0.813. The van der Waals surface area contributed by atoms with Crippen LogP contribution in [-0.4, -0.2) is 32.8 Å². The van der Waals surface area contributed by atoms with E-state index in [2.05, 4.69) is 17.1 Å². The van der Waals surface area contributed by atoms with Crippen molar-refractivity contribution >= 4 is 5.69 Å². The van der Waals surface area contributed by atoms with Crippen LogP contribution in [0.15, 0.2) is 18.2 Å². The van der Waals surface area contributed by atoms with Crippen molar-refractivity contribution in [1.29, 1.82) is 0 Å². The first kappa shape index (κ1) is 13.3. The van der Waals surface area contributed by atoms with E-state index in [4.69, 9.17) is 4.74 Å². The van der Waals surface area contributed by atoms with Crippen molar-refractivity contribution in [3.05, 3.63) is 29.6 Å². The molecule has 0 amide bonds. The number of hydrogen-bond acceptors (Lipinski definition) is 3. The number of benzene rings is 1. The van der Waals surface area contributed by atoms with E-state index in [9.17, 15) is 4.39 Å². The molecule has 1 N–H and O–H groups in total. The SMILES string of the molecule is CCCNCc1c(F)cccc1N1CCOCC1. The van der Waals surface area contributed by atoms with Gasteiger partial charge in [-0.25, -0.2) is 4.39 Å². The van der Waals surface area contributed by atoms with Gasteiger partial charge in [-0.2, -0.15) is 0 Å². The van der Waals surface area contributed by atoms with E-state index in [0.717, 1.165) is 50.5 Å². The Morgan fingerprint density at radius 1 is 1.33 bits per heavy atom. The lowest BCUT2D eigenvalue weighted by atomic mass is 10.1. The highest BCUT2D eigenvalue weighted by Crippen LogP contribution is 2.24. The molecule has 0 aliphatic carbocycles. The zero-order chi connectivity index (χ0) is 12.8. The van der Waals surface area contributed by atoms with Gasteiger partial charge < -0.3 is 15.0 Å². The van der Waals surface area contributed by atoms with Gasteiger partial charge in [0.25, 0.3) is 0 Å². The van der Waals surface area contributed by atoms with Crippen molar-refractivity contribution in [2.75, 3.05) is 37.7 Å². The summed E-state index contributed by atoms with van der Waals surface area (Å²) in [7, 11) is 0. The van der Waals surface area contributed by atoms with Gasteiger partial charge in [0, 0.05) is 30.9 Å². The average molecular weight is 252 g/mol. The van der Waals surface area contributed by atoms with Crippen LogP contribution in [0.1, 0.15) is 18.9 Å². The zero-order valence-corrected chi connectivity index (χ0v) is 10.9. The van der Waals surface area contributed by atoms with Gasteiger partial charge in [0.05, 0.1) is 13.2 Å². The molecule has 1 fully saturated rings. The lowest BCUT2D eigenvalue weighted by molar-refractivity contribution is 0.122. The second-order valence-electron chi connectivity index (χ2n) is 4.51. The van der Waals surface area contributed by atoms with E-state index in [-0.39, 0.29) is 5.82 Å². The van der Waals surface area contributed by atoms with Gasteiger partial charge in [0.1, 0.15) is 5.82 Å². The number of nitrogens with zero attached hydrogens (tertiary/aromatic N) is 1. The summed E-state index contributed by atoms with van der Waals surface area (Å²) < 4.78 is 19.3. The van der Waals surface area contributed by atoms with Crippen molar-refractivity contribution in [2.45, 2.75) is 19.9 Å². The standard InChI is InChI=1S/C14H21FN2O/c1-2-6-16-11-12-13(15)4-3-5-14(12)17-7-9-18-10-8-17/h3-5,16H,2,6-11H2,1H3. The summed E-state index contributed by atoms with van der Waals surface area (Å²) in [6.07, 6.45) is 1.06. The molecule has 1 heterocycles. The van der Waals surface area contributed by atoms with Crippen LogP contribution in [0.5, 0.6) is 0 Å². The molecule has 1 aliphatic rings. The molecule has 0 atom stereocenters. The largest absolute Gasteiger partial charge is 0.378 e. The Balaban J connectivity index is 2.14. The summed E-state index contributed by atoms with van der Waals surface area (Å²) in [6, 6.07) is 5.31. The van der Waals surface area contributed by atoms with Gasteiger partial charge >= 0.3 is 0 Å². The maximum Gasteiger partial charge on any atom is 0.129 e. The Kier molecular flexibility index (Phi) is 4.96. The fraction of sp³-hybridized carbons (Fsp3) is 0.571. The second-order valence-corrected chi connectivity index (χ2v) is 4.51. The van der Waals surface area contributed by atoms with Gasteiger partial charge in [-0.3, -0.25) is 0 Å². The van der Waals surface area contributed by atoms with Gasteiger partial charge in [0.15, 0.2) is 0 Å². The van der Waals surface area contributed by atoms with Crippen LogP contribution in [-0.2, 0) is 11.3 Å². The first-order chi connectivity index (χ1) is 8.83. The molecule has 1 aromatic carbocycles. The Bertz CT molecular complexity index is 378. The fourth-order valence-corrected chi connectivity index (χ4v) is 2.21. The monoisotopic (exact) mass is 252 g/mol. The molecule has 1 aromatic rings. The Morgan fingerprint density at radius 2 is 2.11 bits per heavy atom. The minimum Gasteiger partial charge on any atom is -0.378 e. The van der Waals surface area contributed by atoms with E-state index < -0.39 is 0 Å². The third kappa shape index (κ3) is 3.21. The predicted octanol–water partition coefficient (Wildman–Crippen LogP) is 2.16. The van der Waals surface area contributed by atoms with Crippen LogP contribution in [0.2, 0.25) is 0 Å². The minimum atomic E-state index is -0.123. The normalized spacial score (nSPS) is 16.0. The Hall–Kier alpha value is -1.13. The van der Waals surface area contributed by atoms with Crippen LogP contribution >= 0.6 is 0 Å². The summed E-state index contributed by atoms with van der Waals surface area (Å²) in [4.78, 5) is 2.20. The molecule has 0 bridgehead atoms. The predicted molar refractivity (Wildman–Crippen MR) is 71.4 cm³/mol. The molecule has 100 valence electrons. The molecule has 4 heteroatoms. The summed E-state index contributed by atoms with van der Waals surface area (Å²) >= 11 is 0. The lowest BCUT2D eigenvalue weighted by Crippen LogP contribution is -2.37. The van der Waals surface area contributed by atoms with Crippen molar-refractivity contribution in [1.82, 2.24) is 5.32 Å². The zero-order valence-electron chi connectivity index (χ0n) is 10.9. The molecule has 3 nitrogen and oxygen atoms in total. The topological polar surface area (TPSA) is 24.5 Å². The van der Waals surface area contributed by atoms with Crippen LogP contribution in [0.3, 0.4) is 0 Å². The molecule has 1 saturated heterocycles. The van der Waals surface area contributed by atoms with E-state index in [1.54, 1.807) is 6.07 Å². The number of anilines is 1. The van der Waals surface area contributed by atoms with Crippen LogP contribution in [0, 0.1) is 5.82 Å². The molecule has 0 saturated carbocycles. The maximum absolute atomic E-state index is 13.9. The lowest BCUT2D eigenvalue weighted by Gasteiger charge is -2.30. The van der Waals surface area contributed by atoms with Crippen LogP contribution in [0.4, 0.5) is 10.1 Å². The van der Waals surface area contributed by atoms with Gasteiger partial charge in [-0.1, -0.05) is 13.0 Å². The molecular weight excluding hydrogens is 231 g/mol. The van der Waals surface area contributed by atoms with E-state index in [0.29, 0.717) is 6.54 Å². The summed E-state index contributed by atoms with van der Waals surface area (Å²) in [5.41, 5.74) is 1.77. The molecule has 0 radical (unpaired) electrons. The molecule has 2 rings (SSSR count). The highest BCUT2D eigenvalue weighted by Gasteiger charge is 2.16. The number of morpholine rings is 1. The molecule has 18 heavy (non-hydrogen) atoms. The first-order valence-corrected chi connectivity index (χ1v) is 6.63. The van der Waals surface area contributed by atoms with Crippen molar-refractivity contribution < 1.29 is 9.13 Å². The number of nitrogens with one attached hydrogen (secondary N) is 1. The van der Waals surface area contributed by atoms with Crippen molar-refractivity contribution in [3.8, 4) is 0 Å². The van der Waals surface area contributed by atoms with Gasteiger partial charge in [-0.15, -0.1) is 0 Å². The number of halogens is 1. The number of ether oxygens (including phenoxy) is 1.